The number of aromatic hydroxyl groups is 1. The topological polar surface area (TPSA) is 50.9 Å². The lowest BCUT2D eigenvalue weighted by Gasteiger charge is -2.22. The molecular weight excluding hydrogens is 731 g/mol. The van der Waals surface area contributed by atoms with Gasteiger partial charge >= 0.3 is 0 Å². The molecular formula is C56H57N3O. The van der Waals surface area contributed by atoms with Crippen molar-refractivity contribution in [1.29, 1.82) is 0 Å². The van der Waals surface area contributed by atoms with E-state index < -0.39 is 6.85 Å². The summed E-state index contributed by atoms with van der Waals surface area (Å²) in [4.78, 5) is 10.4. The lowest BCUT2D eigenvalue weighted by Crippen LogP contribution is -2.12. The van der Waals surface area contributed by atoms with E-state index in [1.54, 1.807) is 12.1 Å². The first-order chi connectivity index (χ1) is 29.6. The van der Waals surface area contributed by atoms with Crippen LogP contribution in [0.15, 0.2) is 140 Å². The highest BCUT2D eigenvalue weighted by Gasteiger charge is 2.26. The number of para-hydroxylation sites is 1. The van der Waals surface area contributed by atoms with Gasteiger partial charge in [-0.1, -0.05) is 153 Å². The predicted octanol–water partition coefficient (Wildman–Crippen LogP) is 15.0. The molecule has 0 atom stereocenters. The summed E-state index contributed by atoms with van der Waals surface area (Å²) in [5.74, 6) is 0.708. The minimum absolute atomic E-state index is 0.0650. The van der Waals surface area contributed by atoms with Crippen LogP contribution in [-0.2, 0) is 16.2 Å². The standard InChI is InChI=1S/C56H57N3O/c1-35-20-25-49(46(28-35)38-16-13-12-14-17-38)59-50-19-15-18-45(51(50)58-53(59)47-34-43(55(6,7)8)29-36(2)52(47)60)40-30-41(32-44(31-40)56(9,10)11)48-33-39(26-27-57-48)37-21-23-42(24-22-37)54(3,4)5/h12-34,60H,1-11H3/i1D3. The summed E-state index contributed by atoms with van der Waals surface area (Å²) in [6, 6.07) is 45.3. The van der Waals surface area contributed by atoms with E-state index in [-0.39, 0.29) is 27.6 Å². The highest BCUT2D eigenvalue weighted by Crippen LogP contribution is 2.44. The molecule has 8 aromatic rings. The molecule has 0 amide bonds. The van der Waals surface area contributed by atoms with Crippen molar-refractivity contribution in [3.8, 4) is 67.5 Å². The molecule has 4 heteroatoms. The van der Waals surface area contributed by atoms with Crippen molar-refractivity contribution in [3.63, 3.8) is 0 Å². The Balaban J connectivity index is 1.40. The Kier molecular flexibility index (Phi) is 9.25. The molecule has 60 heavy (non-hydrogen) atoms. The van der Waals surface area contributed by atoms with Gasteiger partial charge in [-0.2, -0.15) is 0 Å². The normalized spacial score (nSPS) is 13.3. The van der Waals surface area contributed by atoms with Crippen LogP contribution in [0.3, 0.4) is 0 Å². The lowest BCUT2D eigenvalue weighted by molar-refractivity contribution is 0.471. The summed E-state index contributed by atoms with van der Waals surface area (Å²) in [5, 5.41) is 12.0. The molecule has 0 aliphatic rings. The van der Waals surface area contributed by atoms with E-state index in [9.17, 15) is 5.11 Å². The molecule has 0 aliphatic heterocycles. The maximum Gasteiger partial charge on any atom is 0.149 e. The van der Waals surface area contributed by atoms with E-state index in [1.807, 2.05) is 61.7 Å². The summed E-state index contributed by atoms with van der Waals surface area (Å²) in [6.07, 6.45) is 1.89. The van der Waals surface area contributed by atoms with Crippen molar-refractivity contribution in [2.75, 3.05) is 0 Å². The van der Waals surface area contributed by atoms with Gasteiger partial charge in [0.15, 0.2) is 0 Å². The number of rotatable bonds is 6. The lowest BCUT2D eigenvalue weighted by atomic mass is 9.83. The molecule has 302 valence electrons. The molecule has 0 fully saturated rings. The van der Waals surface area contributed by atoms with Crippen molar-refractivity contribution in [1.82, 2.24) is 14.5 Å². The van der Waals surface area contributed by atoms with Crippen LogP contribution in [0, 0.1) is 13.8 Å². The zero-order chi connectivity index (χ0) is 45.2. The number of pyridine rings is 1. The molecule has 0 spiro atoms. The number of phenolic OH excluding ortho intramolecular Hbond substituents is 1. The number of hydrogen-bond acceptors (Lipinski definition) is 3. The smallest absolute Gasteiger partial charge is 0.149 e. The van der Waals surface area contributed by atoms with Gasteiger partial charge in [0.2, 0.25) is 0 Å². The van der Waals surface area contributed by atoms with Crippen LogP contribution in [0.4, 0.5) is 0 Å². The maximum atomic E-state index is 12.0. The fraction of sp³-hybridized carbons (Fsp3) is 0.250. The predicted molar refractivity (Wildman–Crippen MR) is 253 cm³/mol. The second-order valence-electron chi connectivity index (χ2n) is 19.3. The maximum absolute atomic E-state index is 12.0. The van der Waals surface area contributed by atoms with E-state index in [0.29, 0.717) is 11.4 Å². The van der Waals surface area contributed by atoms with Crippen LogP contribution in [-0.4, -0.2) is 19.6 Å². The average Bonchev–Trinajstić information content (AvgIpc) is 3.62. The molecule has 0 unspecified atom stereocenters. The number of aryl methyl sites for hydroxylation is 2. The molecule has 2 aromatic heterocycles. The van der Waals surface area contributed by atoms with Gasteiger partial charge in [0.1, 0.15) is 11.6 Å². The Morgan fingerprint density at radius 1 is 0.533 bits per heavy atom. The SMILES string of the molecule is [2H]C([2H])([2H])c1ccc(-n2c(-c3cc(C(C)(C)C)cc(C)c3O)nc3c(-c4cc(-c5cc(-c6ccc(C(C)(C)C)cc6)ccn5)cc(C(C)(C)C)c4)cccc32)c(-c2ccccc2)c1. The van der Waals surface area contributed by atoms with Crippen LogP contribution in [0.1, 0.15) is 94.2 Å². The van der Waals surface area contributed by atoms with Gasteiger partial charge < -0.3 is 5.11 Å². The number of benzene rings is 6. The Hall–Kier alpha value is -6.26. The Labute approximate surface area is 360 Å². The van der Waals surface area contributed by atoms with E-state index in [0.717, 1.165) is 78.0 Å². The van der Waals surface area contributed by atoms with Crippen molar-refractivity contribution in [3.05, 3.63) is 167 Å². The second kappa shape index (κ2) is 15.1. The molecule has 2 heterocycles. The minimum Gasteiger partial charge on any atom is -0.507 e. The number of fused-ring (bicyclic) bond motifs is 1. The minimum atomic E-state index is -2.31. The first-order valence-electron chi connectivity index (χ1n) is 22.4. The van der Waals surface area contributed by atoms with Crippen LogP contribution < -0.4 is 0 Å². The number of nitrogens with zero attached hydrogens (tertiary/aromatic N) is 3. The molecule has 0 saturated carbocycles. The number of aromatic nitrogens is 3. The van der Waals surface area contributed by atoms with Gasteiger partial charge in [0.05, 0.1) is 28.0 Å². The first kappa shape index (κ1) is 36.8. The summed E-state index contributed by atoms with van der Waals surface area (Å²) < 4.78 is 27.1. The molecule has 1 N–H and O–H groups in total. The molecule has 0 aliphatic carbocycles. The van der Waals surface area contributed by atoms with Gasteiger partial charge in [0, 0.05) is 27.0 Å². The summed E-state index contributed by atoms with van der Waals surface area (Å²) in [5.41, 5.74) is 14.7. The van der Waals surface area contributed by atoms with Gasteiger partial charge in [-0.3, -0.25) is 9.55 Å². The fourth-order valence-electron chi connectivity index (χ4n) is 8.01. The highest BCUT2D eigenvalue weighted by molar-refractivity contribution is 5.98. The average molecular weight is 791 g/mol. The molecule has 0 bridgehead atoms. The summed E-state index contributed by atoms with van der Waals surface area (Å²) in [7, 11) is 0. The van der Waals surface area contributed by atoms with Gasteiger partial charge in [0.25, 0.3) is 0 Å². The Morgan fingerprint density at radius 2 is 1.22 bits per heavy atom. The van der Waals surface area contributed by atoms with E-state index in [1.165, 1.54) is 5.56 Å². The quantitative estimate of drug-likeness (QED) is 0.182. The Bertz CT molecular complexity index is 2990. The summed E-state index contributed by atoms with van der Waals surface area (Å²) in [6.45, 7) is 19.5. The van der Waals surface area contributed by atoms with E-state index in [2.05, 4.69) is 140 Å². The van der Waals surface area contributed by atoms with E-state index in [4.69, 9.17) is 14.1 Å². The molecule has 0 radical (unpaired) electrons. The largest absolute Gasteiger partial charge is 0.507 e. The van der Waals surface area contributed by atoms with Crippen LogP contribution in [0.2, 0.25) is 0 Å². The number of hydrogen-bond donors (Lipinski definition) is 1. The first-order valence-corrected chi connectivity index (χ1v) is 20.9. The molecule has 8 rings (SSSR count). The third-order valence-electron chi connectivity index (χ3n) is 11.7. The molecule has 4 nitrogen and oxygen atoms in total. The zero-order valence-corrected chi connectivity index (χ0v) is 36.6. The van der Waals surface area contributed by atoms with Crippen LogP contribution >= 0.6 is 0 Å². The zero-order valence-electron chi connectivity index (χ0n) is 39.6. The molecule has 6 aromatic carbocycles. The number of phenols is 1. The van der Waals surface area contributed by atoms with Crippen LogP contribution in [0.5, 0.6) is 5.75 Å². The van der Waals surface area contributed by atoms with Gasteiger partial charge in [-0.05, 0) is 123 Å². The second-order valence-corrected chi connectivity index (χ2v) is 19.3. The highest BCUT2D eigenvalue weighted by atomic mass is 16.3. The van der Waals surface area contributed by atoms with Crippen LogP contribution in [0.25, 0.3) is 72.7 Å². The van der Waals surface area contributed by atoms with Gasteiger partial charge in [-0.25, -0.2) is 4.98 Å². The Morgan fingerprint density at radius 3 is 1.90 bits per heavy atom. The third-order valence-corrected chi connectivity index (χ3v) is 11.7. The van der Waals surface area contributed by atoms with Gasteiger partial charge in [-0.15, -0.1) is 0 Å². The van der Waals surface area contributed by atoms with Crippen molar-refractivity contribution < 1.29 is 9.22 Å². The third kappa shape index (κ3) is 7.79. The monoisotopic (exact) mass is 790 g/mol. The van der Waals surface area contributed by atoms with Crippen molar-refractivity contribution in [2.45, 2.75) is 92.3 Å². The fourth-order valence-corrected chi connectivity index (χ4v) is 8.01. The summed E-state index contributed by atoms with van der Waals surface area (Å²) >= 11 is 0. The van der Waals surface area contributed by atoms with E-state index >= 15 is 0 Å². The molecule has 0 saturated heterocycles. The van der Waals surface area contributed by atoms with Crippen molar-refractivity contribution >= 4 is 11.0 Å². The number of imidazole rings is 1. The van der Waals surface area contributed by atoms with Crippen molar-refractivity contribution in [2.24, 2.45) is 0 Å².